The topological polar surface area (TPSA) is 74.3 Å². The summed E-state index contributed by atoms with van der Waals surface area (Å²) in [5.41, 5.74) is 1.80. The van der Waals surface area contributed by atoms with Gasteiger partial charge < -0.3 is 29.7 Å². The van der Waals surface area contributed by atoms with Gasteiger partial charge in [-0.15, -0.1) is 0 Å². The van der Waals surface area contributed by atoms with E-state index in [0.29, 0.717) is 42.8 Å². The molecule has 1 amide bonds. The Morgan fingerprint density at radius 2 is 1.77 bits per heavy atom. The quantitative estimate of drug-likeness (QED) is 0.606. The SMILES string of the molecule is O=C(N[C@H](CN1CCCCC1)[C@H](O)c1ccc2c(c1)OCCO2)[C@H]1CCN(c2ccc(Cl)cc2)C1. The van der Waals surface area contributed by atoms with E-state index in [1.54, 1.807) is 0 Å². The van der Waals surface area contributed by atoms with Crippen molar-refractivity contribution in [2.75, 3.05) is 50.8 Å². The maximum absolute atomic E-state index is 13.4. The van der Waals surface area contributed by atoms with E-state index >= 15 is 0 Å². The Hall–Kier alpha value is -2.48. The number of likely N-dealkylation sites (tertiary alicyclic amines) is 1. The lowest BCUT2D eigenvalue weighted by molar-refractivity contribution is -0.126. The lowest BCUT2D eigenvalue weighted by Gasteiger charge is -2.34. The lowest BCUT2D eigenvalue weighted by Crippen LogP contribution is -2.50. The number of piperidine rings is 1. The first kappa shape index (κ1) is 24.2. The predicted octanol–water partition coefficient (Wildman–Crippen LogP) is 3.64. The molecule has 3 atom stereocenters. The van der Waals surface area contributed by atoms with E-state index in [1.165, 1.54) is 6.42 Å². The van der Waals surface area contributed by atoms with E-state index in [1.807, 2.05) is 42.5 Å². The van der Waals surface area contributed by atoms with Crippen LogP contribution in [-0.2, 0) is 4.79 Å². The second-order valence-corrected chi connectivity index (χ2v) is 10.2. The number of carbonyl (C=O) groups is 1. The van der Waals surface area contributed by atoms with E-state index in [4.69, 9.17) is 21.1 Å². The number of anilines is 1. The van der Waals surface area contributed by atoms with Crippen molar-refractivity contribution in [2.24, 2.45) is 5.92 Å². The molecule has 3 aliphatic rings. The number of aliphatic hydroxyl groups is 1. The molecule has 0 aromatic heterocycles. The van der Waals surface area contributed by atoms with Gasteiger partial charge >= 0.3 is 0 Å². The van der Waals surface area contributed by atoms with Gasteiger partial charge in [-0.25, -0.2) is 0 Å². The fraction of sp³-hybridized carbons (Fsp3) is 0.519. The molecule has 8 heteroatoms. The molecule has 7 nitrogen and oxygen atoms in total. The number of hydrogen-bond donors (Lipinski definition) is 2. The van der Waals surface area contributed by atoms with Gasteiger partial charge in [0.05, 0.1) is 12.0 Å². The monoisotopic (exact) mass is 499 g/mol. The zero-order chi connectivity index (χ0) is 24.2. The van der Waals surface area contributed by atoms with Crippen LogP contribution in [0.4, 0.5) is 5.69 Å². The summed E-state index contributed by atoms with van der Waals surface area (Å²) < 4.78 is 11.3. The number of nitrogens with one attached hydrogen (secondary N) is 1. The minimum atomic E-state index is -0.842. The summed E-state index contributed by atoms with van der Waals surface area (Å²) >= 11 is 6.03. The Kier molecular flexibility index (Phi) is 7.66. The molecule has 2 fully saturated rings. The minimum absolute atomic E-state index is 0.0000614. The molecule has 0 saturated carbocycles. The van der Waals surface area contributed by atoms with Crippen LogP contribution in [0.5, 0.6) is 11.5 Å². The standard InChI is InChI=1S/C27H34ClN3O4/c28-21-5-7-22(8-6-21)31-13-10-20(17-31)27(33)29-23(18-30-11-2-1-3-12-30)26(32)19-4-9-24-25(16-19)35-15-14-34-24/h4-9,16,20,23,26,32H,1-3,10-15,17-18H2,(H,29,33)/t20-,23+,26+/m0/s1. The number of hydrogen-bond acceptors (Lipinski definition) is 6. The van der Waals surface area contributed by atoms with Crippen molar-refractivity contribution >= 4 is 23.2 Å². The third-order valence-electron chi connectivity index (χ3n) is 7.27. The highest BCUT2D eigenvalue weighted by atomic mass is 35.5. The van der Waals surface area contributed by atoms with Gasteiger partial charge in [0.1, 0.15) is 19.3 Å². The predicted molar refractivity (Wildman–Crippen MR) is 136 cm³/mol. The van der Waals surface area contributed by atoms with E-state index in [0.717, 1.165) is 50.1 Å². The van der Waals surface area contributed by atoms with E-state index in [-0.39, 0.29) is 11.8 Å². The van der Waals surface area contributed by atoms with Crippen LogP contribution in [0.1, 0.15) is 37.4 Å². The van der Waals surface area contributed by atoms with Crippen LogP contribution in [0.3, 0.4) is 0 Å². The highest BCUT2D eigenvalue weighted by molar-refractivity contribution is 6.30. The van der Waals surface area contributed by atoms with Gasteiger partial charge in [0.25, 0.3) is 0 Å². The first-order valence-corrected chi connectivity index (χ1v) is 13.1. The van der Waals surface area contributed by atoms with E-state index in [2.05, 4.69) is 15.1 Å². The molecule has 0 bridgehead atoms. The third-order valence-corrected chi connectivity index (χ3v) is 7.52. The molecule has 0 radical (unpaired) electrons. The maximum Gasteiger partial charge on any atom is 0.225 e. The number of rotatable bonds is 7. The highest BCUT2D eigenvalue weighted by Crippen LogP contribution is 2.34. The maximum atomic E-state index is 13.4. The number of amides is 1. The number of nitrogens with zero attached hydrogens (tertiary/aromatic N) is 2. The Labute approximate surface area is 212 Å². The summed E-state index contributed by atoms with van der Waals surface area (Å²) in [7, 11) is 0. The second-order valence-electron chi connectivity index (χ2n) is 9.73. The van der Waals surface area contributed by atoms with Gasteiger partial charge in [0.15, 0.2) is 11.5 Å². The molecule has 5 rings (SSSR count). The molecule has 2 saturated heterocycles. The molecule has 0 spiro atoms. The molecular weight excluding hydrogens is 466 g/mol. The molecule has 0 aliphatic carbocycles. The number of halogens is 1. The van der Waals surface area contributed by atoms with Crippen molar-refractivity contribution in [3.8, 4) is 11.5 Å². The van der Waals surface area contributed by atoms with Crippen molar-refractivity contribution in [2.45, 2.75) is 37.8 Å². The number of ether oxygens (including phenoxy) is 2. The van der Waals surface area contributed by atoms with Crippen molar-refractivity contribution in [3.05, 3.63) is 53.1 Å². The Balaban J connectivity index is 1.28. The zero-order valence-electron chi connectivity index (χ0n) is 20.0. The Morgan fingerprint density at radius 3 is 2.54 bits per heavy atom. The van der Waals surface area contributed by atoms with Crippen LogP contribution < -0.4 is 19.7 Å². The van der Waals surface area contributed by atoms with Crippen LogP contribution in [0.2, 0.25) is 5.02 Å². The third kappa shape index (κ3) is 5.85. The molecule has 35 heavy (non-hydrogen) atoms. The molecule has 0 unspecified atom stereocenters. The highest BCUT2D eigenvalue weighted by Gasteiger charge is 2.33. The second kappa shape index (κ2) is 11.1. The summed E-state index contributed by atoms with van der Waals surface area (Å²) in [4.78, 5) is 17.9. The van der Waals surface area contributed by atoms with Gasteiger partial charge in [-0.1, -0.05) is 24.1 Å². The smallest absolute Gasteiger partial charge is 0.225 e. The van der Waals surface area contributed by atoms with Crippen molar-refractivity contribution < 1.29 is 19.4 Å². The first-order chi connectivity index (χ1) is 17.1. The number of aliphatic hydroxyl groups excluding tert-OH is 1. The van der Waals surface area contributed by atoms with Gasteiger partial charge in [0, 0.05) is 30.3 Å². The molecule has 3 aliphatic heterocycles. The number of fused-ring (bicyclic) bond motifs is 1. The van der Waals surface area contributed by atoms with Crippen molar-refractivity contribution in [1.29, 1.82) is 0 Å². The summed E-state index contributed by atoms with van der Waals surface area (Å²) in [6.07, 6.45) is 3.48. The van der Waals surface area contributed by atoms with E-state index in [9.17, 15) is 9.90 Å². The van der Waals surface area contributed by atoms with Crippen LogP contribution in [-0.4, -0.2) is 67.9 Å². The molecule has 2 aromatic carbocycles. The zero-order valence-corrected chi connectivity index (χ0v) is 20.8. The summed E-state index contributed by atoms with van der Waals surface area (Å²) in [5.74, 6) is 1.21. The number of carbonyl (C=O) groups excluding carboxylic acids is 1. The summed E-state index contributed by atoms with van der Waals surface area (Å²) in [5, 5.41) is 15.3. The number of benzene rings is 2. The lowest BCUT2D eigenvalue weighted by atomic mass is 9.98. The average molecular weight is 500 g/mol. The Bertz CT molecular complexity index is 1010. The molecule has 3 heterocycles. The first-order valence-electron chi connectivity index (χ1n) is 12.7. The van der Waals surface area contributed by atoms with Crippen LogP contribution in [0.25, 0.3) is 0 Å². The summed E-state index contributed by atoms with van der Waals surface area (Å²) in [6, 6.07) is 12.9. The van der Waals surface area contributed by atoms with Gasteiger partial charge in [0.2, 0.25) is 5.91 Å². The van der Waals surface area contributed by atoms with Crippen LogP contribution in [0.15, 0.2) is 42.5 Å². The average Bonchev–Trinajstić information content (AvgIpc) is 3.39. The fourth-order valence-electron chi connectivity index (χ4n) is 5.28. The van der Waals surface area contributed by atoms with Gasteiger partial charge in [-0.05, 0) is 74.3 Å². The van der Waals surface area contributed by atoms with Crippen LogP contribution in [0, 0.1) is 5.92 Å². The van der Waals surface area contributed by atoms with E-state index < -0.39 is 12.1 Å². The molecule has 2 aromatic rings. The minimum Gasteiger partial charge on any atom is -0.486 e. The van der Waals surface area contributed by atoms with Crippen molar-refractivity contribution in [1.82, 2.24) is 10.2 Å². The summed E-state index contributed by atoms with van der Waals surface area (Å²) in [6.45, 7) is 5.10. The molecule has 2 N–H and O–H groups in total. The largest absolute Gasteiger partial charge is 0.486 e. The van der Waals surface area contributed by atoms with Gasteiger partial charge in [-0.3, -0.25) is 4.79 Å². The fourth-order valence-corrected chi connectivity index (χ4v) is 5.41. The van der Waals surface area contributed by atoms with Crippen molar-refractivity contribution in [3.63, 3.8) is 0 Å². The Morgan fingerprint density at radius 1 is 1.03 bits per heavy atom. The molecular formula is C27H34ClN3O4. The normalized spacial score (nSPS) is 22.0. The molecule has 188 valence electrons. The van der Waals surface area contributed by atoms with Crippen LogP contribution >= 0.6 is 11.6 Å². The van der Waals surface area contributed by atoms with Gasteiger partial charge in [-0.2, -0.15) is 0 Å².